The maximum absolute atomic E-state index is 13.8. The third-order valence-corrected chi connectivity index (χ3v) is 9.01. The van der Waals surface area contributed by atoms with Gasteiger partial charge in [-0.25, -0.2) is 4.79 Å². The van der Waals surface area contributed by atoms with Crippen molar-refractivity contribution >= 4 is 17.6 Å². The molecule has 1 heterocycles. The Hall–Kier alpha value is -3.84. The van der Waals surface area contributed by atoms with E-state index in [0.29, 0.717) is 25.6 Å². The molecule has 2 atom stereocenters. The summed E-state index contributed by atoms with van der Waals surface area (Å²) in [6, 6.07) is 13.3. The zero-order valence-corrected chi connectivity index (χ0v) is 29.4. The van der Waals surface area contributed by atoms with Crippen LogP contribution in [0.15, 0.2) is 78.9 Å². The number of carbonyl (C=O) groups is 2. The first-order chi connectivity index (χ1) is 22.7. The molecule has 2 unspecified atom stereocenters. The smallest absolute Gasteiger partial charge is 0.335 e. The number of nitrogens with zero attached hydrogens (tertiary/aromatic N) is 3. The molecule has 7 heteroatoms. The summed E-state index contributed by atoms with van der Waals surface area (Å²) in [7, 11) is 2.08. The van der Waals surface area contributed by atoms with Crippen molar-refractivity contribution in [1.29, 1.82) is 0 Å². The summed E-state index contributed by atoms with van der Waals surface area (Å²) in [5.74, 6) is 0.313. The molecule has 1 aliphatic rings. The lowest BCUT2D eigenvalue weighted by Crippen LogP contribution is -2.50. The molecule has 3 rings (SSSR count). The van der Waals surface area contributed by atoms with Crippen molar-refractivity contribution in [2.45, 2.75) is 78.7 Å². The highest BCUT2D eigenvalue weighted by Crippen LogP contribution is 2.34. The predicted molar refractivity (Wildman–Crippen MR) is 195 cm³/mol. The Balaban J connectivity index is 1.87. The van der Waals surface area contributed by atoms with Crippen molar-refractivity contribution in [3.8, 4) is 5.75 Å². The van der Waals surface area contributed by atoms with E-state index >= 15 is 0 Å². The number of likely N-dealkylation sites (N-methyl/N-ethyl adjacent to an activating group) is 1. The second-order valence-corrected chi connectivity index (χ2v) is 12.9. The van der Waals surface area contributed by atoms with Gasteiger partial charge in [-0.1, -0.05) is 101 Å². The molecule has 256 valence electrons. The number of aromatic carboxylic acids is 1. The fraction of sp³-hybridized carbons (Fsp3) is 0.500. The average Bonchev–Trinajstić information content (AvgIpc) is 3.07. The molecule has 2 aromatic carbocycles. The van der Waals surface area contributed by atoms with Crippen LogP contribution in [0.4, 0.5) is 5.69 Å². The van der Waals surface area contributed by atoms with Gasteiger partial charge in [-0.3, -0.25) is 4.79 Å². The van der Waals surface area contributed by atoms with Crippen molar-refractivity contribution in [3.63, 3.8) is 0 Å². The molecular formula is C40H57N3O4. The molecule has 1 fully saturated rings. The number of anilines is 1. The summed E-state index contributed by atoms with van der Waals surface area (Å²) >= 11 is 0. The molecule has 1 N–H and O–H groups in total. The third kappa shape index (κ3) is 12.7. The van der Waals surface area contributed by atoms with E-state index in [1.807, 2.05) is 78.6 Å². The third-order valence-electron chi connectivity index (χ3n) is 9.01. The molecule has 2 aromatic rings. The Bertz CT molecular complexity index is 1330. The summed E-state index contributed by atoms with van der Waals surface area (Å²) in [5.41, 5.74) is 3.18. The molecule has 1 aliphatic heterocycles. The minimum atomic E-state index is -0.965. The lowest BCUT2D eigenvalue weighted by Gasteiger charge is -2.37. The number of benzene rings is 2. The summed E-state index contributed by atoms with van der Waals surface area (Å²) in [4.78, 5) is 32.3. The number of carboxylic acid groups (broad SMARTS) is 1. The number of allylic oxidation sites excluding steroid dienone is 5. The van der Waals surface area contributed by atoms with Gasteiger partial charge in [0, 0.05) is 31.9 Å². The second kappa shape index (κ2) is 20.4. The Morgan fingerprint density at radius 1 is 0.936 bits per heavy atom. The molecule has 7 nitrogen and oxygen atoms in total. The van der Waals surface area contributed by atoms with Crippen LogP contribution in [0, 0.1) is 5.92 Å². The second-order valence-electron chi connectivity index (χ2n) is 12.9. The number of unbranched alkanes of at least 4 members (excludes halogenated alkanes) is 4. The van der Waals surface area contributed by atoms with Crippen LogP contribution < -0.4 is 9.64 Å². The van der Waals surface area contributed by atoms with Crippen LogP contribution >= 0.6 is 0 Å². The zero-order valence-electron chi connectivity index (χ0n) is 29.4. The first-order valence-corrected chi connectivity index (χ1v) is 17.5. The SMILES string of the molecule is C\C=C/C=C\C=C\COc1ccc(C(C)N(CC(=O)N2CCN(C)CC2)c2cc(C(=O)O)ccc2CC(C)CCCCCCC)cc1. The number of ether oxygens (including phenoxy) is 1. The van der Waals surface area contributed by atoms with Gasteiger partial charge in [0.1, 0.15) is 12.4 Å². The van der Waals surface area contributed by atoms with E-state index in [9.17, 15) is 14.7 Å². The molecule has 0 aromatic heterocycles. The highest BCUT2D eigenvalue weighted by Gasteiger charge is 2.27. The van der Waals surface area contributed by atoms with Gasteiger partial charge in [-0.15, -0.1) is 0 Å². The fourth-order valence-corrected chi connectivity index (χ4v) is 5.98. The number of amides is 1. The predicted octanol–water partition coefficient (Wildman–Crippen LogP) is 8.33. The highest BCUT2D eigenvalue weighted by atomic mass is 16.5. The van der Waals surface area contributed by atoms with Gasteiger partial charge < -0.3 is 24.5 Å². The number of carboxylic acids is 1. The number of piperazine rings is 1. The maximum atomic E-state index is 13.8. The first-order valence-electron chi connectivity index (χ1n) is 17.5. The van der Waals surface area contributed by atoms with Crippen LogP contribution in [0.5, 0.6) is 5.75 Å². The van der Waals surface area contributed by atoms with Crippen LogP contribution in [0.3, 0.4) is 0 Å². The van der Waals surface area contributed by atoms with E-state index < -0.39 is 5.97 Å². The topological polar surface area (TPSA) is 73.3 Å². The van der Waals surface area contributed by atoms with E-state index in [4.69, 9.17) is 4.74 Å². The largest absolute Gasteiger partial charge is 0.490 e. The monoisotopic (exact) mass is 643 g/mol. The fourth-order valence-electron chi connectivity index (χ4n) is 5.98. The maximum Gasteiger partial charge on any atom is 0.335 e. The zero-order chi connectivity index (χ0) is 34.0. The van der Waals surface area contributed by atoms with Crippen molar-refractivity contribution in [2.75, 3.05) is 51.3 Å². The Labute approximate surface area is 283 Å². The van der Waals surface area contributed by atoms with Gasteiger partial charge in [-0.2, -0.15) is 0 Å². The van der Waals surface area contributed by atoms with Crippen LogP contribution in [-0.4, -0.2) is 73.2 Å². The van der Waals surface area contributed by atoms with E-state index in [-0.39, 0.29) is 24.1 Å². The Kier molecular flexibility index (Phi) is 16.3. The summed E-state index contributed by atoms with van der Waals surface area (Å²) in [6.45, 7) is 12.3. The highest BCUT2D eigenvalue weighted by molar-refractivity contribution is 5.90. The summed E-state index contributed by atoms with van der Waals surface area (Å²) in [6.07, 6.45) is 20.0. The van der Waals surface area contributed by atoms with Gasteiger partial charge in [-0.05, 0) is 74.7 Å². The van der Waals surface area contributed by atoms with Gasteiger partial charge in [0.15, 0.2) is 0 Å². The van der Waals surface area contributed by atoms with Crippen LogP contribution in [0.2, 0.25) is 0 Å². The molecule has 0 aliphatic carbocycles. The standard InChI is InChI=1S/C40H57N3O4/c1-6-8-10-12-14-16-28-47-37-22-20-34(21-23-37)33(4)43(31-39(44)42-26-24-41(5)25-27-42)38-30-36(40(45)46)19-18-35(38)29-32(3)17-15-13-11-9-7-2/h6,8,10,12,14,16,18-23,30,32-33H,7,9,11,13,15,17,24-29,31H2,1-5H3,(H,45,46)/b8-6-,12-10-,16-14+. The molecule has 0 saturated carbocycles. The van der Waals surface area contributed by atoms with Gasteiger partial charge >= 0.3 is 5.97 Å². The normalized spacial score (nSPS) is 15.5. The first kappa shape index (κ1) is 37.6. The van der Waals surface area contributed by atoms with Crippen molar-refractivity contribution in [1.82, 2.24) is 9.80 Å². The molecule has 0 radical (unpaired) electrons. The van der Waals surface area contributed by atoms with Crippen molar-refractivity contribution in [2.24, 2.45) is 5.92 Å². The van der Waals surface area contributed by atoms with Gasteiger partial charge in [0.05, 0.1) is 18.2 Å². The number of rotatable bonds is 19. The lowest BCUT2D eigenvalue weighted by atomic mass is 9.92. The molecule has 0 bridgehead atoms. The van der Waals surface area contributed by atoms with Gasteiger partial charge in [0.2, 0.25) is 5.91 Å². The van der Waals surface area contributed by atoms with Crippen molar-refractivity contribution in [3.05, 3.63) is 95.6 Å². The Morgan fingerprint density at radius 3 is 2.32 bits per heavy atom. The number of hydrogen-bond acceptors (Lipinski definition) is 5. The Morgan fingerprint density at radius 2 is 1.64 bits per heavy atom. The van der Waals surface area contributed by atoms with Crippen molar-refractivity contribution < 1.29 is 19.4 Å². The summed E-state index contributed by atoms with van der Waals surface area (Å²) < 4.78 is 5.92. The van der Waals surface area contributed by atoms with E-state index in [2.05, 4.69) is 37.6 Å². The quantitative estimate of drug-likeness (QED) is 0.123. The number of carbonyl (C=O) groups excluding carboxylic acids is 1. The molecule has 47 heavy (non-hydrogen) atoms. The minimum Gasteiger partial charge on any atom is -0.490 e. The minimum absolute atomic E-state index is 0.0656. The molecular weight excluding hydrogens is 586 g/mol. The average molecular weight is 644 g/mol. The number of hydrogen-bond donors (Lipinski definition) is 1. The molecule has 0 spiro atoms. The van der Waals surface area contributed by atoms with E-state index in [0.717, 1.165) is 48.5 Å². The molecule has 1 amide bonds. The van der Waals surface area contributed by atoms with E-state index in [1.165, 1.54) is 32.1 Å². The van der Waals surface area contributed by atoms with E-state index in [1.54, 1.807) is 12.1 Å². The lowest BCUT2D eigenvalue weighted by molar-refractivity contribution is -0.131. The summed E-state index contributed by atoms with van der Waals surface area (Å²) in [5, 5.41) is 9.97. The van der Waals surface area contributed by atoms with Gasteiger partial charge in [0.25, 0.3) is 0 Å². The molecule has 1 saturated heterocycles. The van der Waals surface area contributed by atoms with Crippen LogP contribution in [0.1, 0.15) is 93.7 Å². The van der Waals surface area contributed by atoms with Crippen LogP contribution in [0.25, 0.3) is 0 Å². The van der Waals surface area contributed by atoms with Crippen LogP contribution in [-0.2, 0) is 11.2 Å².